The number of hydrogen-bond donors (Lipinski definition) is 2. The van der Waals surface area contributed by atoms with E-state index in [1.165, 1.54) is 0 Å². The molecule has 116 valence electrons. The fraction of sp³-hybridized carbons (Fsp3) is 0.615. The second kappa shape index (κ2) is 6.38. The molecule has 1 saturated heterocycles. The Bertz CT molecular complexity index is 630. The maximum Gasteiger partial charge on any atom is 0.270 e. The Balaban J connectivity index is 2.06. The van der Waals surface area contributed by atoms with Crippen LogP contribution in [-0.2, 0) is 9.84 Å². The number of carbonyl (C=O) groups excluding carboxylic acids is 1. The number of nitrogens with zero attached hydrogens (tertiary/aromatic N) is 2. The van der Waals surface area contributed by atoms with Gasteiger partial charge in [0, 0.05) is 18.3 Å². The summed E-state index contributed by atoms with van der Waals surface area (Å²) in [4.78, 5) is 20.5. The van der Waals surface area contributed by atoms with E-state index in [9.17, 15) is 13.2 Å². The molecule has 0 aromatic carbocycles. The lowest BCUT2D eigenvalue weighted by molar-refractivity contribution is 0.0936. The van der Waals surface area contributed by atoms with Crippen LogP contribution >= 0.6 is 0 Å². The van der Waals surface area contributed by atoms with Gasteiger partial charge in [-0.3, -0.25) is 4.79 Å². The van der Waals surface area contributed by atoms with E-state index in [2.05, 4.69) is 20.6 Å². The van der Waals surface area contributed by atoms with Crippen LogP contribution in [0.15, 0.2) is 6.07 Å². The molecule has 1 aromatic rings. The summed E-state index contributed by atoms with van der Waals surface area (Å²) in [7, 11) is -3.01. The molecule has 1 atom stereocenters. The zero-order chi connectivity index (χ0) is 15.5. The van der Waals surface area contributed by atoms with E-state index < -0.39 is 9.84 Å². The maximum atomic E-state index is 12.2. The molecule has 7 nitrogen and oxygen atoms in total. The van der Waals surface area contributed by atoms with Crippen molar-refractivity contribution in [3.8, 4) is 0 Å². The number of hydrogen-bond acceptors (Lipinski definition) is 6. The Kier molecular flexibility index (Phi) is 4.76. The number of nitrogens with one attached hydrogen (secondary N) is 2. The summed E-state index contributed by atoms with van der Waals surface area (Å²) in [6, 6.07) is 1.26. The number of carbonyl (C=O) groups is 1. The summed E-state index contributed by atoms with van der Waals surface area (Å²) in [5, 5.41) is 5.76. The number of anilines is 1. The van der Waals surface area contributed by atoms with Gasteiger partial charge in [0.2, 0.25) is 5.95 Å². The van der Waals surface area contributed by atoms with Crippen LogP contribution in [0.25, 0.3) is 0 Å². The highest BCUT2D eigenvalue weighted by atomic mass is 32.2. The maximum absolute atomic E-state index is 12.2. The van der Waals surface area contributed by atoms with E-state index in [0.29, 0.717) is 18.1 Å². The average Bonchev–Trinajstić information content (AvgIpc) is 2.75. The summed E-state index contributed by atoms with van der Waals surface area (Å²) >= 11 is 0. The third kappa shape index (κ3) is 4.38. The number of aromatic nitrogens is 2. The lowest BCUT2D eigenvalue weighted by Gasteiger charge is -2.11. The van der Waals surface area contributed by atoms with Crippen LogP contribution < -0.4 is 10.6 Å². The minimum absolute atomic E-state index is 0.00372. The van der Waals surface area contributed by atoms with Gasteiger partial charge in [-0.2, -0.15) is 0 Å². The molecule has 2 rings (SSSR count). The highest BCUT2D eigenvalue weighted by molar-refractivity contribution is 7.91. The van der Waals surface area contributed by atoms with Crippen molar-refractivity contribution in [2.75, 3.05) is 23.4 Å². The molecular weight excluding hydrogens is 292 g/mol. The molecule has 0 saturated carbocycles. The molecule has 8 heteroatoms. The largest absolute Gasteiger partial charge is 0.354 e. The monoisotopic (exact) mass is 312 g/mol. The van der Waals surface area contributed by atoms with Gasteiger partial charge >= 0.3 is 0 Å². The summed E-state index contributed by atoms with van der Waals surface area (Å²) in [5.41, 5.74) is 0.943. The first-order valence-electron chi connectivity index (χ1n) is 7.00. The Hall–Kier alpha value is -1.70. The van der Waals surface area contributed by atoms with Crippen molar-refractivity contribution in [3.63, 3.8) is 0 Å². The molecule has 1 aliphatic heterocycles. The van der Waals surface area contributed by atoms with E-state index in [4.69, 9.17) is 0 Å². The highest BCUT2D eigenvalue weighted by Gasteiger charge is 2.29. The van der Waals surface area contributed by atoms with Crippen LogP contribution in [0.5, 0.6) is 0 Å². The number of amides is 1. The summed E-state index contributed by atoms with van der Waals surface area (Å²) < 4.78 is 22.8. The molecule has 21 heavy (non-hydrogen) atoms. The minimum atomic E-state index is -3.01. The molecule has 1 amide bonds. The SMILES string of the molecule is CCCNc1nc(C)cc(C(=O)NC2CCS(=O)(=O)C2)n1. The Morgan fingerprint density at radius 1 is 1.43 bits per heavy atom. The predicted octanol–water partition coefficient (Wildman–Crippen LogP) is 0.524. The van der Waals surface area contributed by atoms with Gasteiger partial charge in [0.15, 0.2) is 9.84 Å². The zero-order valence-electron chi connectivity index (χ0n) is 12.2. The molecular formula is C13H20N4O3S. The Morgan fingerprint density at radius 2 is 2.19 bits per heavy atom. The topological polar surface area (TPSA) is 101 Å². The minimum Gasteiger partial charge on any atom is -0.354 e. The molecule has 0 bridgehead atoms. The first-order valence-corrected chi connectivity index (χ1v) is 8.82. The number of rotatable bonds is 5. The molecule has 2 heterocycles. The van der Waals surface area contributed by atoms with Gasteiger partial charge < -0.3 is 10.6 Å². The van der Waals surface area contributed by atoms with Gasteiger partial charge in [0.25, 0.3) is 5.91 Å². The van der Waals surface area contributed by atoms with Crippen molar-refractivity contribution in [2.45, 2.75) is 32.7 Å². The summed E-state index contributed by atoms with van der Waals surface area (Å²) in [6.45, 7) is 4.54. The fourth-order valence-electron chi connectivity index (χ4n) is 2.17. The lowest BCUT2D eigenvalue weighted by Crippen LogP contribution is -2.36. The normalized spacial score (nSPS) is 20.2. The van der Waals surface area contributed by atoms with Crippen molar-refractivity contribution < 1.29 is 13.2 Å². The zero-order valence-corrected chi connectivity index (χ0v) is 13.0. The van der Waals surface area contributed by atoms with Crippen LogP contribution in [-0.4, -0.2) is 48.4 Å². The second-order valence-corrected chi connectivity index (χ2v) is 7.45. The van der Waals surface area contributed by atoms with Gasteiger partial charge in [0.05, 0.1) is 11.5 Å². The number of sulfone groups is 1. The van der Waals surface area contributed by atoms with Gasteiger partial charge in [0.1, 0.15) is 5.69 Å². The summed E-state index contributed by atoms with van der Waals surface area (Å²) in [5.74, 6) is 0.191. The quantitative estimate of drug-likeness (QED) is 0.822. The van der Waals surface area contributed by atoms with Gasteiger partial charge in [-0.15, -0.1) is 0 Å². The van der Waals surface area contributed by atoms with E-state index in [1.54, 1.807) is 13.0 Å². The lowest BCUT2D eigenvalue weighted by atomic mass is 10.2. The van der Waals surface area contributed by atoms with Gasteiger partial charge in [-0.25, -0.2) is 18.4 Å². The van der Waals surface area contributed by atoms with E-state index >= 15 is 0 Å². The van der Waals surface area contributed by atoms with Crippen LogP contribution in [0.4, 0.5) is 5.95 Å². The molecule has 1 unspecified atom stereocenters. The molecule has 0 spiro atoms. The van der Waals surface area contributed by atoms with Crippen molar-refractivity contribution in [2.24, 2.45) is 0 Å². The van der Waals surface area contributed by atoms with E-state index in [0.717, 1.165) is 13.0 Å². The molecule has 1 aromatic heterocycles. The van der Waals surface area contributed by atoms with Crippen LogP contribution in [0, 0.1) is 6.92 Å². The first-order chi connectivity index (χ1) is 9.89. The fourth-order valence-corrected chi connectivity index (χ4v) is 3.84. The summed E-state index contributed by atoms with van der Waals surface area (Å²) in [6.07, 6.45) is 1.39. The van der Waals surface area contributed by atoms with Gasteiger partial charge in [-0.05, 0) is 25.8 Å². The smallest absolute Gasteiger partial charge is 0.270 e. The van der Waals surface area contributed by atoms with Crippen molar-refractivity contribution in [3.05, 3.63) is 17.5 Å². The third-order valence-electron chi connectivity index (χ3n) is 3.19. The van der Waals surface area contributed by atoms with Gasteiger partial charge in [-0.1, -0.05) is 6.92 Å². The third-order valence-corrected chi connectivity index (χ3v) is 4.96. The Labute approximate surface area is 124 Å². The first kappa shape index (κ1) is 15.7. The molecule has 1 fully saturated rings. The Morgan fingerprint density at radius 3 is 2.81 bits per heavy atom. The van der Waals surface area contributed by atoms with Crippen LogP contribution in [0.1, 0.15) is 35.9 Å². The average molecular weight is 312 g/mol. The van der Waals surface area contributed by atoms with Crippen molar-refractivity contribution >= 4 is 21.7 Å². The molecule has 2 N–H and O–H groups in total. The van der Waals surface area contributed by atoms with Crippen LogP contribution in [0.2, 0.25) is 0 Å². The van der Waals surface area contributed by atoms with Crippen molar-refractivity contribution in [1.82, 2.24) is 15.3 Å². The molecule has 0 aliphatic carbocycles. The second-order valence-electron chi connectivity index (χ2n) is 5.22. The van der Waals surface area contributed by atoms with E-state index in [1.807, 2.05) is 6.92 Å². The van der Waals surface area contributed by atoms with Crippen LogP contribution in [0.3, 0.4) is 0 Å². The molecule has 1 aliphatic rings. The highest BCUT2D eigenvalue weighted by Crippen LogP contribution is 2.12. The molecule has 0 radical (unpaired) electrons. The van der Waals surface area contributed by atoms with E-state index in [-0.39, 0.29) is 29.1 Å². The van der Waals surface area contributed by atoms with Crippen molar-refractivity contribution in [1.29, 1.82) is 0 Å². The number of aryl methyl sites for hydroxylation is 1. The standard InChI is InChI=1S/C13H20N4O3S/c1-3-5-14-13-15-9(2)7-11(17-13)12(18)16-10-4-6-21(19,20)8-10/h7,10H,3-6,8H2,1-2H3,(H,16,18)(H,14,15,17). The predicted molar refractivity (Wildman–Crippen MR) is 80.1 cm³/mol.